The molecule has 1 aliphatic rings. The van der Waals surface area contributed by atoms with E-state index < -0.39 is 22.1 Å². The normalized spacial score (nSPS) is 25.7. The van der Waals surface area contributed by atoms with E-state index in [4.69, 9.17) is 63.1 Å². The molecule has 0 aliphatic heterocycles. The van der Waals surface area contributed by atoms with Gasteiger partial charge in [0.2, 0.25) is 0 Å². The second-order valence-electron chi connectivity index (χ2n) is 3.77. The van der Waals surface area contributed by atoms with Gasteiger partial charge in [-0.25, -0.2) is 0 Å². The maximum absolute atomic E-state index is 10.9. The number of hydrogen-bond acceptors (Lipinski definition) is 1. The zero-order chi connectivity index (χ0) is 13.0. The predicted octanol–water partition coefficient (Wildman–Crippen LogP) is 4.62. The molecule has 1 aromatic rings. The first-order valence-electron chi connectivity index (χ1n) is 4.52. The Morgan fingerprint density at radius 2 is 1.65 bits per heavy atom. The molecule has 2 unspecified atom stereocenters. The Labute approximate surface area is 122 Å². The molecule has 0 radical (unpaired) electrons. The fraction of sp³-hybridized carbons (Fsp3) is 0.300. The minimum atomic E-state index is -1.33. The molecule has 17 heavy (non-hydrogen) atoms. The van der Waals surface area contributed by atoms with Gasteiger partial charge in [-0.3, -0.25) is 4.79 Å². The first-order chi connectivity index (χ1) is 7.76. The Kier molecular flexibility index (Phi) is 3.48. The van der Waals surface area contributed by atoms with Crippen molar-refractivity contribution in [2.45, 2.75) is 10.3 Å². The Balaban J connectivity index is 2.41. The first kappa shape index (κ1) is 13.6. The summed E-state index contributed by atoms with van der Waals surface area (Å²) in [6, 6.07) is 3.06. The molecule has 0 amide bonds. The summed E-state index contributed by atoms with van der Waals surface area (Å²) < 4.78 is -1.33. The molecular weight excluding hydrogens is 329 g/mol. The van der Waals surface area contributed by atoms with E-state index >= 15 is 0 Å². The monoisotopic (exact) mass is 332 g/mol. The second kappa shape index (κ2) is 4.36. The molecule has 1 aliphatic carbocycles. The van der Waals surface area contributed by atoms with E-state index in [1.54, 1.807) is 0 Å². The number of carboxylic acid groups (broad SMARTS) is 1. The molecule has 1 N–H and O–H groups in total. The van der Waals surface area contributed by atoms with Crippen LogP contribution in [0.15, 0.2) is 12.1 Å². The summed E-state index contributed by atoms with van der Waals surface area (Å²) in [4.78, 5) is 10.9. The highest BCUT2D eigenvalue weighted by Crippen LogP contribution is 2.65. The van der Waals surface area contributed by atoms with Gasteiger partial charge in [-0.05, 0) is 17.7 Å². The summed E-state index contributed by atoms with van der Waals surface area (Å²) in [7, 11) is 0. The van der Waals surface area contributed by atoms with Crippen LogP contribution in [0.4, 0.5) is 0 Å². The van der Waals surface area contributed by atoms with Crippen LogP contribution in [-0.4, -0.2) is 15.4 Å². The summed E-state index contributed by atoms with van der Waals surface area (Å²) >= 11 is 29.3. The van der Waals surface area contributed by atoms with Crippen LogP contribution in [-0.2, 0) is 4.79 Å². The molecule has 1 saturated carbocycles. The maximum Gasteiger partial charge on any atom is 0.310 e. The van der Waals surface area contributed by atoms with Crippen LogP contribution in [0.25, 0.3) is 0 Å². The Bertz CT molecular complexity index is 476. The van der Waals surface area contributed by atoms with Crippen molar-refractivity contribution in [1.82, 2.24) is 0 Å². The number of halogens is 5. The highest BCUT2D eigenvalue weighted by molar-refractivity contribution is 6.53. The molecule has 1 fully saturated rings. The number of carbonyl (C=O) groups is 1. The van der Waals surface area contributed by atoms with Gasteiger partial charge in [0.15, 0.2) is 0 Å². The van der Waals surface area contributed by atoms with Crippen molar-refractivity contribution in [3.8, 4) is 0 Å². The van der Waals surface area contributed by atoms with Crippen molar-refractivity contribution in [3.05, 3.63) is 32.8 Å². The van der Waals surface area contributed by atoms with E-state index in [2.05, 4.69) is 0 Å². The molecule has 0 spiro atoms. The van der Waals surface area contributed by atoms with Gasteiger partial charge < -0.3 is 5.11 Å². The van der Waals surface area contributed by atoms with E-state index in [0.29, 0.717) is 5.56 Å². The van der Waals surface area contributed by atoms with E-state index in [-0.39, 0.29) is 15.1 Å². The van der Waals surface area contributed by atoms with Crippen LogP contribution < -0.4 is 0 Å². The molecule has 0 saturated heterocycles. The van der Waals surface area contributed by atoms with Gasteiger partial charge in [-0.15, -0.1) is 0 Å². The Hall–Kier alpha value is 0.140. The molecule has 7 heteroatoms. The van der Waals surface area contributed by atoms with Crippen LogP contribution in [0.3, 0.4) is 0 Å². The molecule has 2 rings (SSSR count). The number of benzene rings is 1. The molecule has 92 valence electrons. The average molecular weight is 334 g/mol. The number of carboxylic acids is 1. The fourth-order valence-electron chi connectivity index (χ4n) is 1.80. The topological polar surface area (TPSA) is 37.3 Å². The fourth-order valence-corrected chi connectivity index (χ4v) is 3.23. The van der Waals surface area contributed by atoms with Gasteiger partial charge in [0.1, 0.15) is 4.33 Å². The van der Waals surface area contributed by atoms with Crippen molar-refractivity contribution < 1.29 is 9.90 Å². The summed E-state index contributed by atoms with van der Waals surface area (Å²) in [5, 5.41) is 9.66. The lowest BCUT2D eigenvalue weighted by molar-refractivity contribution is -0.138. The average Bonchev–Trinajstić information content (AvgIpc) is 2.77. The number of alkyl halides is 2. The highest BCUT2D eigenvalue weighted by Gasteiger charge is 2.68. The van der Waals surface area contributed by atoms with E-state index in [9.17, 15) is 4.79 Å². The van der Waals surface area contributed by atoms with E-state index in [1.807, 2.05) is 0 Å². The summed E-state index contributed by atoms with van der Waals surface area (Å²) in [6.45, 7) is 0. The zero-order valence-corrected chi connectivity index (χ0v) is 11.8. The molecule has 2 nitrogen and oxygen atoms in total. The van der Waals surface area contributed by atoms with Crippen molar-refractivity contribution in [1.29, 1.82) is 0 Å². The molecule has 0 bridgehead atoms. The molecule has 1 aromatic carbocycles. The van der Waals surface area contributed by atoms with Gasteiger partial charge in [0.25, 0.3) is 0 Å². The van der Waals surface area contributed by atoms with Crippen LogP contribution in [0.5, 0.6) is 0 Å². The summed E-state index contributed by atoms with van der Waals surface area (Å²) in [5.74, 6) is -2.45. The van der Waals surface area contributed by atoms with E-state index in [0.717, 1.165) is 0 Å². The maximum atomic E-state index is 10.9. The Morgan fingerprint density at radius 1 is 1.18 bits per heavy atom. The first-order valence-corrected chi connectivity index (χ1v) is 6.41. The lowest BCUT2D eigenvalue weighted by atomic mass is 10.1. The molecule has 0 aromatic heterocycles. The molecule has 0 heterocycles. The lowest BCUT2D eigenvalue weighted by Crippen LogP contribution is -2.03. The van der Waals surface area contributed by atoms with Crippen LogP contribution >= 0.6 is 58.0 Å². The zero-order valence-electron chi connectivity index (χ0n) is 8.05. The van der Waals surface area contributed by atoms with Gasteiger partial charge in [-0.2, -0.15) is 0 Å². The Morgan fingerprint density at radius 3 is 2.00 bits per heavy atom. The number of aliphatic carboxylic acids is 1. The van der Waals surface area contributed by atoms with Crippen molar-refractivity contribution in [2.24, 2.45) is 5.92 Å². The largest absolute Gasteiger partial charge is 0.481 e. The van der Waals surface area contributed by atoms with Gasteiger partial charge >= 0.3 is 5.97 Å². The minimum Gasteiger partial charge on any atom is -0.481 e. The molecule has 2 atom stereocenters. The van der Waals surface area contributed by atoms with Crippen molar-refractivity contribution in [2.75, 3.05) is 0 Å². The van der Waals surface area contributed by atoms with Crippen LogP contribution in [0.2, 0.25) is 15.1 Å². The van der Waals surface area contributed by atoms with Crippen molar-refractivity contribution >= 4 is 64.0 Å². The summed E-state index contributed by atoms with van der Waals surface area (Å²) in [6.07, 6.45) is 0. The van der Waals surface area contributed by atoms with Crippen molar-refractivity contribution in [3.63, 3.8) is 0 Å². The molecular formula is C10H5Cl5O2. The van der Waals surface area contributed by atoms with Gasteiger partial charge in [0, 0.05) is 5.92 Å². The smallest absolute Gasteiger partial charge is 0.310 e. The predicted molar refractivity (Wildman–Crippen MR) is 69.8 cm³/mol. The van der Waals surface area contributed by atoms with Gasteiger partial charge in [0.05, 0.1) is 21.0 Å². The quantitative estimate of drug-likeness (QED) is 0.633. The van der Waals surface area contributed by atoms with Crippen LogP contribution in [0.1, 0.15) is 11.5 Å². The summed E-state index contributed by atoms with van der Waals surface area (Å²) in [5.41, 5.74) is 0.571. The number of hydrogen-bond donors (Lipinski definition) is 1. The lowest BCUT2D eigenvalue weighted by Gasteiger charge is -2.04. The van der Waals surface area contributed by atoms with Crippen LogP contribution in [0, 0.1) is 5.92 Å². The third kappa shape index (κ3) is 2.22. The van der Waals surface area contributed by atoms with E-state index in [1.165, 1.54) is 12.1 Å². The third-order valence-electron chi connectivity index (χ3n) is 2.68. The third-order valence-corrected chi connectivity index (χ3v) is 4.82. The number of rotatable bonds is 2. The minimum absolute atomic E-state index is 0.222. The SMILES string of the molecule is O=C(O)C1C(c2cc(Cl)c(Cl)c(Cl)c2)C1(Cl)Cl. The highest BCUT2D eigenvalue weighted by atomic mass is 35.5. The van der Waals surface area contributed by atoms with Gasteiger partial charge in [-0.1, -0.05) is 58.0 Å². The second-order valence-corrected chi connectivity index (χ2v) is 6.40. The standard InChI is InChI=1S/C10H5Cl5O2/c11-4-1-3(2-5(12)8(4)13)6-7(9(16)17)10(6,14)15/h1-2,6-7H,(H,16,17).